The minimum atomic E-state index is 0.425. The Kier molecular flexibility index (Phi) is 5.51. The summed E-state index contributed by atoms with van der Waals surface area (Å²) in [5.74, 6) is 0. The highest BCUT2D eigenvalue weighted by molar-refractivity contribution is 4.99. The lowest BCUT2D eigenvalue weighted by Crippen LogP contribution is -2.68. The summed E-state index contributed by atoms with van der Waals surface area (Å²) in [6, 6.07) is 0.613. The third-order valence-electron chi connectivity index (χ3n) is 2.20. The van der Waals surface area contributed by atoms with Crippen molar-refractivity contribution >= 4 is 0 Å². The van der Waals surface area contributed by atoms with E-state index in [4.69, 9.17) is 0 Å². The first kappa shape index (κ1) is 11.9. The van der Waals surface area contributed by atoms with Gasteiger partial charge in [0.2, 0.25) is 0 Å². The van der Waals surface area contributed by atoms with Crippen LogP contribution < -0.4 is 10.6 Å². The Morgan fingerprint density at radius 3 is 1.92 bits per heavy atom. The summed E-state index contributed by atoms with van der Waals surface area (Å²) in [7, 11) is 0. The molecule has 2 nitrogen and oxygen atoms in total. The van der Waals surface area contributed by atoms with Gasteiger partial charge in [0.1, 0.15) is 0 Å². The maximum Gasteiger partial charge on any atom is 0.0431 e. The molecule has 0 unspecified atom stereocenters. The molecule has 1 heterocycles. The van der Waals surface area contributed by atoms with Crippen LogP contribution >= 0.6 is 0 Å². The Bertz CT molecular complexity index is 101. The van der Waals surface area contributed by atoms with Crippen LogP contribution in [0.15, 0.2) is 0 Å². The Morgan fingerprint density at radius 2 is 1.83 bits per heavy atom. The topological polar surface area (TPSA) is 24.1 Å². The van der Waals surface area contributed by atoms with E-state index in [1.54, 1.807) is 0 Å². The molecule has 2 heteroatoms. The number of nitrogens with one attached hydrogen (secondary N) is 2. The van der Waals surface area contributed by atoms with Crippen molar-refractivity contribution in [2.24, 2.45) is 0 Å². The molecule has 2 N–H and O–H groups in total. The molecule has 0 aromatic carbocycles. The molecule has 0 aliphatic carbocycles. The van der Waals surface area contributed by atoms with E-state index in [0.717, 1.165) is 13.1 Å². The minimum absolute atomic E-state index is 0.425. The first-order chi connectivity index (χ1) is 5.68. The van der Waals surface area contributed by atoms with Gasteiger partial charge >= 0.3 is 0 Å². The number of hydrogen-bond donors (Lipinski definition) is 2. The summed E-state index contributed by atoms with van der Waals surface area (Å²) in [6.45, 7) is 12.9. The van der Waals surface area contributed by atoms with Gasteiger partial charge in [0, 0.05) is 24.7 Å². The molecule has 0 bridgehead atoms. The summed E-state index contributed by atoms with van der Waals surface area (Å²) >= 11 is 0. The van der Waals surface area contributed by atoms with Crippen molar-refractivity contribution in [2.75, 3.05) is 13.1 Å². The lowest BCUT2D eigenvalue weighted by atomic mass is 9.89. The zero-order valence-electron chi connectivity index (χ0n) is 9.20. The Hall–Kier alpha value is -0.0800. The normalized spacial score (nSPS) is 19.5. The molecule has 0 spiro atoms. The molecule has 1 aliphatic rings. The van der Waals surface area contributed by atoms with Gasteiger partial charge in [0.05, 0.1) is 0 Å². The second-order valence-corrected chi connectivity index (χ2v) is 3.54. The van der Waals surface area contributed by atoms with Gasteiger partial charge in [-0.1, -0.05) is 34.6 Å². The standard InChI is InChI=1S/C8H18N2.C2H6/c1-4-8(5-9-6-8)10-7(2)3;1-2/h7,9-10H,4-6H2,1-3H3;1-2H3. The van der Waals surface area contributed by atoms with E-state index in [1.807, 2.05) is 13.8 Å². The molecule has 1 aliphatic heterocycles. The van der Waals surface area contributed by atoms with E-state index in [-0.39, 0.29) is 0 Å². The largest absolute Gasteiger partial charge is 0.313 e. The van der Waals surface area contributed by atoms with Crippen molar-refractivity contribution in [2.45, 2.75) is 52.6 Å². The van der Waals surface area contributed by atoms with Crippen LogP contribution in [0.5, 0.6) is 0 Å². The summed E-state index contributed by atoms with van der Waals surface area (Å²) in [6.07, 6.45) is 1.23. The van der Waals surface area contributed by atoms with Crippen molar-refractivity contribution in [3.8, 4) is 0 Å². The Balaban J connectivity index is 0.000000561. The van der Waals surface area contributed by atoms with Crippen LogP contribution in [0.4, 0.5) is 0 Å². The van der Waals surface area contributed by atoms with Gasteiger partial charge in [0.25, 0.3) is 0 Å². The lowest BCUT2D eigenvalue weighted by Gasteiger charge is -2.44. The zero-order valence-corrected chi connectivity index (χ0v) is 9.20. The highest BCUT2D eigenvalue weighted by Crippen LogP contribution is 2.15. The lowest BCUT2D eigenvalue weighted by molar-refractivity contribution is 0.192. The predicted molar refractivity (Wildman–Crippen MR) is 55.5 cm³/mol. The minimum Gasteiger partial charge on any atom is -0.313 e. The Labute approximate surface area is 77.1 Å². The van der Waals surface area contributed by atoms with E-state index in [2.05, 4.69) is 31.4 Å². The maximum absolute atomic E-state index is 3.58. The quantitative estimate of drug-likeness (QED) is 0.678. The third kappa shape index (κ3) is 3.11. The number of hydrogen-bond acceptors (Lipinski definition) is 2. The summed E-state index contributed by atoms with van der Waals surface area (Å²) < 4.78 is 0. The van der Waals surface area contributed by atoms with Gasteiger partial charge in [0.15, 0.2) is 0 Å². The maximum atomic E-state index is 3.58. The fourth-order valence-electron chi connectivity index (χ4n) is 1.49. The van der Waals surface area contributed by atoms with Crippen LogP contribution in [-0.4, -0.2) is 24.7 Å². The zero-order chi connectivity index (χ0) is 9.61. The van der Waals surface area contributed by atoms with Crippen molar-refractivity contribution in [1.29, 1.82) is 0 Å². The van der Waals surface area contributed by atoms with Crippen molar-refractivity contribution in [3.63, 3.8) is 0 Å². The van der Waals surface area contributed by atoms with Crippen molar-refractivity contribution in [3.05, 3.63) is 0 Å². The van der Waals surface area contributed by atoms with Crippen LogP contribution in [0, 0.1) is 0 Å². The highest BCUT2D eigenvalue weighted by atomic mass is 15.2. The van der Waals surface area contributed by atoms with Crippen molar-refractivity contribution in [1.82, 2.24) is 10.6 Å². The van der Waals surface area contributed by atoms with Crippen LogP contribution in [0.1, 0.15) is 41.0 Å². The van der Waals surface area contributed by atoms with E-state index in [0.29, 0.717) is 11.6 Å². The van der Waals surface area contributed by atoms with E-state index in [1.165, 1.54) is 6.42 Å². The molecule has 0 aromatic rings. The Morgan fingerprint density at radius 1 is 1.33 bits per heavy atom. The summed E-state index contributed by atoms with van der Waals surface area (Å²) in [4.78, 5) is 0. The third-order valence-corrected chi connectivity index (χ3v) is 2.20. The fourth-order valence-corrected chi connectivity index (χ4v) is 1.49. The molecule has 12 heavy (non-hydrogen) atoms. The molecule has 0 radical (unpaired) electrons. The van der Waals surface area contributed by atoms with Gasteiger partial charge in [-0.2, -0.15) is 0 Å². The molecular weight excluding hydrogens is 148 g/mol. The highest BCUT2D eigenvalue weighted by Gasteiger charge is 2.34. The molecule has 1 rings (SSSR count). The summed E-state index contributed by atoms with van der Waals surface area (Å²) in [5.41, 5.74) is 0.425. The second kappa shape index (κ2) is 5.55. The van der Waals surface area contributed by atoms with Crippen LogP contribution in [0.3, 0.4) is 0 Å². The molecule has 1 fully saturated rings. The van der Waals surface area contributed by atoms with E-state index < -0.39 is 0 Å². The smallest absolute Gasteiger partial charge is 0.0431 e. The molecule has 0 amide bonds. The first-order valence-electron chi connectivity index (χ1n) is 5.17. The molecule has 1 saturated heterocycles. The first-order valence-corrected chi connectivity index (χ1v) is 5.17. The average Bonchev–Trinajstić information content (AvgIpc) is 2.01. The fraction of sp³-hybridized carbons (Fsp3) is 1.00. The molecular formula is C10H24N2. The molecule has 0 atom stereocenters. The van der Waals surface area contributed by atoms with Gasteiger partial charge < -0.3 is 10.6 Å². The van der Waals surface area contributed by atoms with Gasteiger partial charge in [-0.25, -0.2) is 0 Å². The SMILES string of the molecule is CC.CCC1(NC(C)C)CNC1. The summed E-state index contributed by atoms with van der Waals surface area (Å²) in [5, 5.41) is 6.88. The predicted octanol–water partition coefficient (Wildman–Crippen LogP) is 1.76. The van der Waals surface area contributed by atoms with Crippen molar-refractivity contribution < 1.29 is 0 Å². The van der Waals surface area contributed by atoms with E-state index >= 15 is 0 Å². The van der Waals surface area contributed by atoms with Crippen LogP contribution in [-0.2, 0) is 0 Å². The number of rotatable bonds is 3. The van der Waals surface area contributed by atoms with Crippen LogP contribution in [0.25, 0.3) is 0 Å². The van der Waals surface area contributed by atoms with Crippen LogP contribution in [0.2, 0.25) is 0 Å². The van der Waals surface area contributed by atoms with Gasteiger partial charge in [-0.15, -0.1) is 0 Å². The van der Waals surface area contributed by atoms with Gasteiger partial charge in [-0.3, -0.25) is 0 Å². The molecule has 74 valence electrons. The average molecular weight is 172 g/mol. The monoisotopic (exact) mass is 172 g/mol. The van der Waals surface area contributed by atoms with Gasteiger partial charge in [-0.05, 0) is 6.42 Å². The second-order valence-electron chi connectivity index (χ2n) is 3.54. The van der Waals surface area contributed by atoms with E-state index in [9.17, 15) is 0 Å². The molecule has 0 saturated carbocycles. The molecule has 0 aromatic heterocycles.